The molecule has 0 atom stereocenters. The molecule has 0 radical (unpaired) electrons. The second-order valence-electron chi connectivity index (χ2n) is 4.30. The molecule has 1 aromatic rings. The summed E-state index contributed by atoms with van der Waals surface area (Å²) in [5.74, 6) is -0.330. The summed E-state index contributed by atoms with van der Waals surface area (Å²) in [4.78, 5) is 23.9. The lowest BCUT2D eigenvalue weighted by atomic mass is 10.2. The Morgan fingerprint density at radius 1 is 1.42 bits per heavy atom. The first-order valence-corrected chi connectivity index (χ1v) is 6.40. The van der Waals surface area contributed by atoms with Crippen LogP contribution in [-0.2, 0) is 9.59 Å². The largest absolute Gasteiger partial charge is 0.482 e. The zero-order valence-corrected chi connectivity index (χ0v) is 11.0. The first-order chi connectivity index (χ1) is 9.08. The Bertz CT molecular complexity index is 503. The molecule has 102 valence electrons. The SMILES string of the molecule is O=C(O)CCCCN1C(=O)COc2ccc(Cl)cc21. The molecule has 5 nitrogen and oxygen atoms in total. The fourth-order valence-corrected chi connectivity index (χ4v) is 2.13. The van der Waals surface area contributed by atoms with Gasteiger partial charge in [0.1, 0.15) is 5.75 Å². The Kier molecular flexibility index (Phi) is 4.27. The number of hydrogen-bond acceptors (Lipinski definition) is 3. The van der Waals surface area contributed by atoms with Crippen LogP contribution in [0.3, 0.4) is 0 Å². The highest BCUT2D eigenvalue weighted by Crippen LogP contribution is 2.34. The molecule has 2 rings (SSSR count). The summed E-state index contributed by atoms with van der Waals surface area (Å²) in [5.41, 5.74) is 0.652. The van der Waals surface area contributed by atoms with Crippen molar-refractivity contribution in [2.24, 2.45) is 0 Å². The van der Waals surface area contributed by atoms with Crippen LogP contribution in [0.2, 0.25) is 5.02 Å². The number of unbranched alkanes of at least 4 members (excludes halogenated alkanes) is 1. The summed E-state index contributed by atoms with van der Waals surface area (Å²) in [6.45, 7) is 0.483. The summed E-state index contributed by atoms with van der Waals surface area (Å²) in [6.07, 6.45) is 1.28. The first-order valence-electron chi connectivity index (χ1n) is 6.02. The van der Waals surface area contributed by atoms with Crippen LogP contribution in [0.4, 0.5) is 5.69 Å². The van der Waals surface area contributed by atoms with E-state index < -0.39 is 5.97 Å². The van der Waals surface area contributed by atoms with Crippen molar-refractivity contribution in [3.8, 4) is 5.75 Å². The molecule has 1 aliphatic heterocycles. The predicted molar refractivity (Wildman–Crippen MR) is 70.8 cm³/mol. The molecule has 0 fully saturated rings. The average Bonchev–Trinajstić information content (AvgIpc) is 2.36. The zero-order valence-electron chi connectivity index (χ0n) is 10.3. The molecule has 0 bridgehead atoms. The number of rotatable bonds is 5. The summed E-state index contributed by atoms with van der Waals surface area (Å²) in [7, 11) is 0. The number of anilines is 1. The Morgan fingerprint density at radius 2 is 2.21 bits per heavy atom. The van der Waals surface area contributed by atoms with E-state index in [2.05, 4.69) is 0 Å². The van der Waals surface area contributed by atoms with E-state index in [9.17, 15) is 9.59 Å². The number of amides is 1. The van der Waals surface area contributed by atoms with Crippen molar-refractivity contribution in [3.63, 3.8) is 0 Å². The van der Waals surface area contributed by atoms with Gasteiger partial charge in [-0.3, -0.25) is 9.59 Å². The Hall–Kier alpha value is -1.75. The first kappa shape index (κ1) is 13.7. The van der Waals surface area contributed by atoms with E-state index in [4.69, 9.17) is 21.4 Å². The van der Waals surface area contributed by atoms with Gasteiger partial charge in [-0.25, -0.2) is 0 Å². The molecule has 0 saturated heterocycles. The molecule has 1 N–H and O–H groups in total. The number of ether oxygens (including phenoxy) is 1. The third kappa shape index (κ3) is 3.38. The lowest BCUT2D eigenvalue weighted by molar-refractivity contribution is -0.137. The molecule has 0 unspecified atom stereocenters. The maximum atomic E-state index is 11.8. The number of carboxylic acids is 1. The van der Waals surface area contributed by atoms with Gasteiger partial charge >= 0.3 is 5.97 Å². The monoisotopic (exact) mass is 283 g/mol. The quantitative estimate of drug-likeness (QED) is 0.842. The van der Waals surface area contributed by atoms with Crippen LogP contribution < -0.4 is 9.64 Å². The van der Waals surface area contributed by atoms with E-state index in [0.717, 1.165) is 0 Å². The standard InChI is InChI=1S/C13H14ClNO4/c14-9-4-5-11-10(7-9)15(12(16)8-19-11)6-2-1-3-13(17)18/h4-5,7H,1-3,6,8H2,(H,17,18). The van der Waals surface area contributed by atoms with Gasteiger partial charge in [-0.15, -0.1) is 0 Å². The molecule has 1 aromatic carbocycles. The van der Waals surface area contributed by atoms with Gasteiger partial charge in [-0.05, 0) is 31.0 Å². The second kappa shape index (κ2) is 5.93. The van der Waals surface area contributed by atoms with Crippen molar-refractivity contribution >= 4 is 29.2 Å². The van der Waals surface area contributed by atoms with E-state index in [1.54, 1.807) is 23.1 Å². The van der Waals surface area contributed by atoms with Crippen LogP contribution in [0.15, 0.2) is 18.2 Å². The summed E-state index contributed by atoms with van der Waals surface area (Å²) < 4.78 is 5.32. The van der Waals surface area contributed by atoms with Gasteiger partial charge in [0.05, 0.1) is 5.69 Å². The normalized spacial score (nSPS) is 13.9. The molecular weight excluding hydrogens is 270 g/mol. The maximum Gasteiger partial charge on any atom is 0.303 e. The minimum absolute atomic E-state index is 0.00750. The fraction of sp³-hybridized carbons (Fsp3) is 0.385. The Labute approximate surface area is 115 Å². The van der Waals surface area contributed by atoms with Gasteiger partial charge < -0.3 is 14.7 Å². The van der Waals surface area contributed by atoms with E-state index >= 15 is 0 Å². The molecule has 0 aliphatic carbocycles. The number of fused-ring (bicyclic) bond motifs is 1. The lowest BCUT2D eigenvalue weighted by Gasteiger charge is -2.29. The molecular formula is C13H14ClNO4. The lowest BCUT2D eigenvalue weighted by Crippen LogP contribution is -2.39. The summed E-state index contributed by atoms with van der Waals surface area (Å²) in [6, 6.07) is 5.12. The molecule has 1 amide bonds. The summed E-state index contributed by atoms with van der Waals surface area (Å²) in [5, 5.41) is 9.11. The third-order valence-electron chi connectivity index (χ3n) is 2.89. The van der Waals surface area contributed by atoms with Crippen molar-refractivity contribution in [1.82, 2.24) is 0 Å². The highest BCUT2D eigenvalue weighted by molar-refractivity contribution is 6.31. The minimum Gasteiger partial charge on any atom is -0.482 e. The van der Waals surface area contributed by atoms with Gasteiger partial charge in [0, 0.05) is 18.0 Å². The highest BCUT2D eigenvalue weighted by Gasteiger charge is 2.25. The molecule has 1 aliphatic rings. The molecule has 0 saturated carbocycles. The Morgan fingerprint density at radius 3 is 2.95 bits per heavy atom. The van der Waals surface area contributed by atoms with Gasteiger partial charge in [0.15, 0.2) is 6.61 Å². The van der Waals surface area contributed by atoms with E-state index in [1.807, 2.05) is 0 Å². The second-order valence-corrected chi connectivity index (χ2v) is 4.73. The molecule has 6 heteroatoms. The predicted octanol–water partition coefficient (Wildman–Crippen LogP) is 2.32. The van der Waals surface area contributed by atoms with Gasteiger partial charge in [0.25, 0.3) is 5.91 Å². The van der Waals surface area contributed by atoms with Crippen LogP contribution in [0, 0.1) is 0 Å². The number of halogens is 1. The van der Waals surface area contributed by atoms with Gasteiger partial charge in [0.2, 0.25) is 0 Å². The van der Waals surface area contributed by atoms with Crippen molar-refractivity contribution in [1.29, 1.82) is 0 Å². The van der Waals surface area contributed by atoms with Crippen LogP contribution in [0.1, 0.15) is 19.3 Å². The summed E-state index contributed by atoms with van der Waals surface area (Å²) >= 11 is 5.92. The van der Waals surface area contributed by atoms with Crippen molar-refractivity contribution in [2.75, 3.05) is 18.1 Å². The van der Waals surface area contributed by atoms with Crippen LogP contribution >= 0.6 is 11.6 Å². The zero-order chi connectivity index (χ0) is 13.8. The van der Waals surface area contributed by atoms with Gasteiger partial charge in [-0.1, -0.05) is 11.6 Å². The van der Waals surface area contributed by atoms with Crippen molar-refractivity contribution in [2.45, 2.75) is 19.3 Å². The van der Waals surface area contributed by atoms with E-state index in [0.29, 0.717) is 35.8 Å². The van der Waals surface area contributed by atoms with Gasteiger partial charge in [-0.2, -0.15) is 0 Å². The van der Waals surface area contributed by atoms with Crippen molar-refractivity contribution in [3.05, 3.63) is 23.2 Å². The fourth-order valence-electron chi connectivity index (χ4n) is 1.97. The number of nitrogens with zero attached hydrogens (tertiary/aromatic N) is 1. The number of hydrogen-bond donors (Lipinski definition) is 1. The van der Waals surface area contributed by atoms with Crippen molar-refractivity contribution < 1.29 is 19.4 Å². The van der Waals surface area contributed by atoms with Crippen LogP contribution in [0.25, 0.3) is 0 Å². The number of carbonyl (C=O) groups is 2. The molecule has 0 aromatic heterocycles. The minimum atomic E-state index is -0.822. The number of benzene rings is 1. The number of carboxylic acid groups (broad SMARTS) is 1. The molecule has 0 spiro atoms. The van der Waals surface area contributed by atoms with Crippen LogP contribution in [-0.4, -0.2) is 30.1 Å². The maximum absolute atomic E-state index is 11.8. The number of carbonyl (C=O) groups excluding carboxylic acids is 1. The Balaban J connectivity index is 2.05. The average molecular weight is 284 g/mol. The highest BCUT2D eigenvalue weighted by atomic mass is 35.5. The number of aliphatic carboxylic acids is 1. The van der Waals surface area contributed by atoms with E-state index in [1.165, 1.54) is 0 Å². The smallest absolute Gasteiger partial charge is 0.303 e. The topological polar surface area (TPSA) is 66.8 Å². The molecule has 19 heavy (non-hydrogen) atoms. The van der Waals surface area contributed by atoms with Crippen LogP contribution in [0.5, 0.6) is 5.75 Å². The molecule has 1 heterocycles. The van der Waals surface area contributed by atoms with E-state index in [-0.39, 0.29) is 18.9 Å². The third-order valence-corrected chi connectivity index (χ3v) is 3.12.